The number of hydrogen-bond acceptors (Lipinski definition) is 2. The third kappa shape index (κ3) is 2.31. The summed E-state index contributed by atoms with van der Waals surface area (Å²) in [6, 6.07) is 0. The number of rotatable bonds is 0. The van der Waals surface area contributed by atoms with Crippen LogP contribution in [0, 0.1) is 0 Å². The molecule has 1 N–H and O–H groups in total. The fraction of sp³-hybridized carbons (Fsp3) is 0.571. The van der Waals surface area contributed by atoms with Gasteiger partial charge in [0.25, 0.3) is 0 Å². The molecule has 1 heterocycles. The lowest BCUT2D eigenvalue weighted by atomic mass is 10.1. The lowest BCUT2D eigenvalue weighted by Gasteiger charge is -2.02. The average molecular weight is 125 g/mol. The topological polar surface area (TPSA) is 29.1 Å². The Hall–Kier alpha value is -0.790. The lowest BCUT2D eigenvalue weighted by molar-refractivity contribution is -0.114. The predicted molar refractivity (Wildman–Crippen MR) is 36.0 cm³/mol. The first-order valence-electron chi connectivity index (χ1n) is 3.32. The van der Waals surface area contributed by atoms with Crippen LogP contribution in [0.3, 0.4) is 0 Å². The fourth-order valence-electron chi connectivity index (χ4n) is 0.845. The Morgan fingerprint density at radius 3 is 3.22 bits per heavy atom. The highest BCUT2D eigenvalue weighted by Gasteiger charge is 1.97. The van der Waals surface area contributed by atoms with Gasteiger partial charge in [-0.2, -0.15) is 0 Å². The van der Waals surface area contributed by atoms with E-state index >= 15 is 0 Å². The van der Waals surface area contributed by atoms with Crippen molar-refractivity contribution in [2.45, 2.75) is 19.3 Å². The van der Waals surface area contributed by atoms with Crippen LogP contribution in [0.4, 0.5) is 0 Å². The molecule has 2 nitrogen and oxygen atoms in total. The van der Waals surface area contributed by atoms with Crippen LogP contribution in [0.25, 0.3) is 0 Å². The summed E-state index contributed by atoms with van der Waals surface area (Å²) in [5.74, 6) is 0.238. The average Bonchev–Trinajstić information content (AvgIpc) is 1.79. The van der Waals surface area contributed by atoms with Gasteiger partial charge in [0.1, 0.15) is 0 Å². The second-order valence-electron chi connectivity index (χ2n) is 2.21. The standard InChI is InChI=1S/C7H11NO/c9-7-3-1-2-5-8-6-4-7/h4,6,8H,1-3,5H2/b6-4-. The van der Waals surface area contributed by atoms with Gasteiger partial charge in [-0.25, -0.2) is 0 Å². The summed E-state index contributed by atoms with van der Waals surface area (Å²) >= 11 is 0. The summed E-state index contributed by atoms with van der Waals surface area (Å²) in [6.07, 6.45) is 6.20. The smallest absolute Gasteiger partial charge is 0.157 e. The number of allylic oxidation sites excluding steroid dienone is 1. The van der Waals surface area contributed by atoms with Gasteiger partial charge in [0.05, 0.1) is 0 Å². The van der Waals surface area contributed by atoms with Crippen molar-refractivity contribution in [2.24, 2.45) is 0 Å². The zero-order valence-corrected chi connectivity index (χ0v) is 5.39. The van der Waals surface area contributed by atoms with Gasteiger partial charge >= 0.3 is 0 Å². The van der Waals surface area contributed by atoms with Gasteiger partial charge in [-0.15, -0.1) is 0 Å². The van der Waals surface area contributed by atoms with Crippen LogP contribution in [-0.4, -0.2) is 12.3 Å². The van der Waals surface area contributed by atoms with Crippen LogP contribution >= 0.6 is 0 Å². The normalized spacial score (nSPS) is 23.8. The van der Waals surface area contributed by atoms with Gasteiger partial charge in [-0.1, -0.05) is 0 Å². The Kier molecular flexibility index (Phi) is 2.31. The Balaban J connectivity index is 2.39. The zero-order chi connectivity index (χ0) is 6.53. The van der Waals surface area contributed by atoms with Crippen LogP contribution < -0.4 is 5.32 Å². The summed E-state index contributed by atoms with van der Waals surface area (Å²) in [4.78, 5) is 10.7. The maximum atomic E-state index is 10.7. The largest absolute Gasteiger partial charge is 0.391 e. The molecule has 9 heavy (non-hydrogen) atoms. The molecule has 1 rings (SSSR count). The number of carbonyl (C=O) groups excluding carboxylic acids is 1. The molecule has 2 heteroatoms. The second-order valence-corrected chi connectivity index (χ2v) is 2.21. The first-order chi connectivity index (χ1) is 4.39. The van der Waals surface area contributed by atoms with Crippen LogP contribution in [0.1, 0.15) is 19.3 Å². The third-order valence-corrected chi connectivity index (χ3v) is 1.38. The molecular weight excluding hydrogens is 114 g/mol. The maximum Gasteiger partial charge on any atom is 0.157 e. The van der Waals surface area contributed by atoms with Crippen LogP contribution in [-0.2, 0) is 4.79 Å². The van der Waals surface area contributed by atoms with E-state index in [1.165, 1.54) is 0 Å². The summed E-state index contributed by atoms with van der Waals surface area (Å²) < 4.78 is 0. The monoisotopic (exact) mass is 125 g/mol. The number of carbonyl (C=O) groups is 1. The molecular formula is C7H11NO. The van der Waals surface area contributed by atoms with E-state index in [0.717, 1.165) is 25.8 Å². The van der Waals surface area contributed by atoms with Crippen molar-refractivity contribution in [1.82, 2.24) is 5.32 Å². The summed E-state index contributed by atoms with van der Waals surface area (Å²) in [7, 11) is 0. The molecule has 1 aliphatic rings. The second kappa shape index (κ2) is 3.28. The lowest BCUT2D eigenvalue weighted by Crippen LogP contribution is -2.11. The van der Waals surface area contributed by atoms with Gasteiger partial charge in [-0.3, -0.25) is 4.79 Å². The molecule has 0 radical (unpaired) electrons. The van der Waals surface area contributed by atoms with E-state index in [4.69, 9.17) is 0 Å². The minimum absolute atomic E-state index is 0.238. The molecule has 0 spiro atoms. The van der Waals surface area contributed by atoms with E-state index in [1.54, 1.807) is 12.3 Å². The third-order valence-electron chi connectivity index (χ3n) is 1.38. The summed E-state index contributed by atoms with van der Waals surface area (Å²) in [5, 5.41) is 3.02. The Morgan fingerprint density at radius 1 is 1.44 bits per heavy atom. The van der Waals surface area contributed by atoms with E-state index in [0.29, 0.717) is 0 Å². The molecule has 0 fully saturated rings. The number of ketones is 1. The highest BCUT2D eigenvalue weighted by molar-refractivity contribution is 5.89. The van der Waals surface area contributed by atoms with Gasteiger partial charge < -0.3 is 5.32 Å². The van der Waals surface area contributed by atoms with Crippen molar-refractivity contribution in [3.8, 4) is 0 Å². The van der Waals surface area contributed by atoms with Gasteiger partial charge in [0, 0.05) is 13.0 Å². The highest BCUT2D eigenvalue weighted by atomic mass is 16.1. The predicted octanol–water partition coefficient (Wildman–Crippen LogP) is 0.843. The highest BCUT2D eigenvalue weighted by Crippen LogP contribution is 1.98. The minimum atomic E-state index is 0.238. The van der Waals surface area contributed by atoms with E-state index in [1.807, 2.05) is 0 Å². The van der Waals surface area contributed by atoms with Crippen LogP contribution in [0.5, 0.6) is 0 Å². The van der Waals surface area contributed by atoms with Crippen molar-refractivity contribution in [3.63, 3.8) is 0 Å². The number of hydrogen-bond donors (Lipinski definition) is 1. The molecule has 0 unspecified atom stereocenters. The van der Waals surface area contributed by atoms with E-state index in [9.17, 15) is 4.79 Å². The van der Waals surface area contributed by atoms with Crippen LogP contribution in [0.15, 0.2) is 12.3 Å². The van der Waals surface area contributed by atoms with Crippen molar-refractivity contribution in [3.05, 3.63) is 12.3 Å². The minimum Gasteiger partial charge on any atom is -0.391 e. The molecule has 0 aromatic rings. The molecule has 0 aromatic carbocycles. The quantitative estimate of drug-likeness (QED) is 0.520. The Labute approximate surface area is 54.9 Å². The van der Waals surface area contributed by atoms with Crippen molar-refractivity contribution in [1.29, 1.82) is 0 Å². The summed E-state index contributed by atoms with van der Waals surface area (Å²) in [6.45, 7) is 1.00. The first-order valence-corrected chi connectivity index (χ1v) is 3.32. The molecule has 0 saturated heterocycles. The summed E-state index contributed by atoms with van der Waals surface area (Å²) in [5.41, 5.74) is 0. The molecule has 0 atom stereocenters. The number of nitrogens with one attached hydrogen (secondary N) is 1. The molecule has 0 aliphatic carbocycles. The Morgan fingerprint density at radius 2 is 2.33 bits per heavy atom. The van der Waals surface area contributed by atoms with E-state index < -0.39 is 0 Å². The maximum absolute atomic E-state index is 10.7. The molecule has 50 valence electrons. The SMILES string of the molecule is O=C1/C=C\NCCCC1. The fourth-order valence-corrected chi connectivity index (χ4v) is 0.845. The zero-order valence-electron chi connectivity index (χ0n) is 5.39. The molecule has 0 saturated carbocycles. The molecule has 0 bridgehead atoms. The molecule has 0 amide bonds. The first kappa shape index (κ1) is 6.33. The van der Waals surface area contributed by atoms with Crippen molar-refractivity contribution < 1.29 is 4.79 Å². The van der Waals surface area contributed by atoms with Gasteiger partial charge in [0.2, 0.25) is 0 Å². The molecule has 0 aromatic heterocycles. The van der Waals surface area contributed by atoms with Gasteiger partial charge in [0.15, 0.2) is 5.78 Å². The molecule has 1 aliphatic heterocycles. The Bertz CT molecular complexity index is 129. The van der Waals surface area contributed by atoms with Crippen molar-refractivity contribution in [2.75, 3.05) is 6.54 Å². The van der Waals surface area contributed by atoms with Crippen LogP contribution in [0.2, 0.25) is 0 Å². The van der Waals surface area contributed by atoms with Crippen molar-refractivity contribution >= 4 is 5.78 Å². The van der Waals surface area contributed by atoms with Gasteiger partial charge in [-0.05, 0) is 25.1 Å². The van der Waals surface area contributed by atoms with E-state index in [2.05, 4.69) is 5.32 Å². The van der Waals surface area contributed by atoms with E-state index in [-0.39, 0.29) is 5.78 Å².